The molecule has 16 heavy (non-hydrogen) atoms. The van der Waals surface area contributed by atoms with E-state index < -0.39 is 0 Å². The summed E-state index contributed by atoms with van der Waals surface area (Å²) in [5.74, 6) is -0.0412. The molecule has 0 saturated carbocycles. The van der Waals surface area contributed by atoms with E-state index in [1.165, 1.54) is 6.20 Å². The maximum Gasteiger partial charge on any atom is 0.187 e. The van der Waals surface area contributed by atoms with E-state index >= 15 is 0 Å². The highest BCUT2D eigenvalue weighted by molar-refractivity contribution is 5.95. The van der Waals surface area contributed by atoms with Gasteiger partial charge in [-0.3, -0.25) is 14.5 Å². The molecule has 82 valence electrons. The van der Waals surface area contributed by atoms with Gasteiger partial charge in [-0.15, -0.1) is 0 Å². The number of hydrogen-bond donors (Lipinski definition) is 0. The molecule has 0 aromatic carbocycles. The second-order valence-corrected chi connectivity index (χ2v) is 3.67. The fraction of sp³-hybridized carbons (Fsp3) is 0.273. The standard InChI is InChI=1S/C11H12N4O/c1-8-4-13-10(6-12-8)11(16)3-9-5-14-15(2)7-9/h4-7H,3H2,1-2H3. The summed E-state index contributed by atoms with van der Waals surface area (Å²) in [6.07, 6.45) is 6.91. The van der Waals surface area contributed by atoms with Crippen LogP contribution >= 0.6 is 0 Å². The Kier molecular flexibility index (Phi) is 2.76. The van der Waals surface area contributed by atoms with Gasteiger partial charge in [0.2, 0.25) is 0 Å². The Hall–Kier alpha value is -2.04. The first-order valence-corrected chi connectivity index (χ1v) is 4.94. The van der Waals surface area contributed by atoms with Crippen LogP contribution in [0.25, 0.3) is 0 Å². The quantitative estimate of drug-likeness (QED) is 0.716. The van der Waals surface area contributed by atoms with E-state index in [0.29, 0.717) is 12.1 Å². The van der Waals surface area contributed by atoms with Gasteiger partial charge in [-0.05, 0) is 12.5 Å². The van der Waals surface area contributed by atoms with Crippen molar-refractivity contribution in [3.05, 3.63) is 41.7 Å². The molecular weight excluding hydrogens is 204 g/mol. The second kappa shape index (κ2) is 4.22. The minimum absolute atomic E-state index is 0.0412. The fourth-order valence-electron chi connectivity index (χ4n) is 1.38. The molecule has 0 bridgehead atoms. The van der Waals surface area contributed by atoms with E-state index in [4.69, 9.17) is 0 Å². The van der Waals surface area contributed by atoms with Gasteiger partial charge in [0.25, 0.3) is 0 Å². The molecule has 0 N–H and O–H groups in total. The molecule has 0 saturated heterocycles. The van der Waals surface area contributed by atoms with Crippen molar-refractivity contribution in [2.24, 2.45) is 7.05 Å². The maximum atomic E-state index is 11.8. The third-order valence-electron chi connectivity index (χ3n) is 2.19. The van der Waals surface area contributed by atoms with Crippen LogP contribution in [0.4, 0.5) is 0 Å². The zero-order valence-corrected chi connectivity index (χ0v) is 9.21. The predicted molar refractivity (Wildman–Crippen MR) is 58.0 cm³/mol. The first-order valence-electron chi connectivity index (χ1n) is 4.94. The Morgan fingerprint density at radius 2 is 2.12 bits per heavy atom. The van der Waals surface area contributed by atoms with Crippen LogP contribution in [0, 0.1) is 6.92 Å². The van der Waals surface area contributed by atoms with Gasteiger partial charge in [-0.2, -0.15) is 5.10 Å². The van der Waals surface area contributed by atoms with Gasteiger partial charge in [0, 0.05) is 25.9 Å². The minimum Gasteiger partial charge on any atom is -0.292 e. The lowest BCUT2D eigenvalue weighted by atomic mass is 10.1. The van der Waals surface area contributed by atoms with Gasteiger partial charge in [-0.1, -0.05) is 0 Å². The van der Waals surface area contributed by atoms with Crippen molar-refractivity contribution < 1.29 is 4.79 Å². The number of aryl methyl sites for hydroxylation is 2. The van der Waals surface area contributed by atoms with Crippen LogP contribution in [0.15, 0.2) is 24.8 Å². The molecule has 0 atom stereocenters. The number of rotatable bonds is 3. The van der Waals surface area contributed by atoms with Gasteiger partial charge in [0.1, 0.15) is 5.69 Å². The van der Waals surface area contributed by atoms with E-state index in [-0.39, 0.29) is 5.78 Å². The normalized spacial score (nSPS) is 10.4. The number of carbonyl (C=O) groups excluding carboxylic acids is 1. The lowest BCUT2D eigenvalue weighted by Gasteiger charge is -1.98. The molecule has 0 fully saturated rings. The number of Topliss-reactive ketones (excluding diaryl/α,β-unsaturated/α-hetero) is 1. The molecule has 0 spiro atoms. The first-order chi connectivity index (χ1) is 7.65. The van der Waals surface area contributed by atoms with Crippen molar-refractivity contribution in [1.29, 1.82) is 0 Å². The molecule has 2 aromatic rings. The summed E-state index contributed by atoms with van der Waals surface area (Å²) < 4.78 is 1.67. The summed E-state index contributed by atoms with van der Waals surface area (Å²) in [4.78, 5) is 19.9. The van der Waals surface area contributed by atoms with Crippen molar-refractivity contribution in [3.8, 4) is 0 Å². The molecule has 0 unspecified atom stereocenters. The predicted octanol–water partition coefficient (Wildman–Crippen LogP) is 0.944. The summed E-state index contributed by atoms with van der Waals surface area (Å²) >= 11 is 0. The molecule has 0 amide bonds. The Labute approximate surface area is 93.2 Å². The van der Waals surface area contributed by atoms with E-state index in [2.05, 4.69) is 15.1 Å². The van der Waals surface area contributed by atoms with Crippen LogP contribution in [-0.4, -0.2) is 25.5 Å². The smallest absolute Gasteiger partial charge is 0.187 e. The topological polar surface area (TPSA) is 60.7 Å². The van der Waals surface area contributed by atoms with Gasteiger partial charge in [0.15, 0.2) is 5.78 Å². The molecular formula is C11H12N4O. The Bertz CT molecular complexity index is 501. The minimum atomic E-state index is -0.0412. The van der Waals surface area contributed by atoms with Gasteiger partial charge in [0.05, 0.1) is 18.1 Å². The molecule has 5 nitrogen and oxygen atoms in total. The summed E-state index contributed by atoms with van der Waals surface area (Å²) in [6, 6.07) is 0. The highest BCUT2D eigenvalue weighted by atomic mass is 16.1. The van der Waals surface area contributed by atoms with Crippen LogP contribution in [0.5, 0.6) is 0 Å². The van der Waals surface area contributed by atoms with Crippen molar-refractivity contribution >= 4 is 5.78 Å². The molecule has 0 aliphatic carbocycles. The number of aromatic nitrogens is 4. The SMILES string of the molecule is Cc1cnc(C(=O)Cc2cnn(C)c2)cn1. The van der Waals surface area contributed by atoms with Crippen LogP contribution in [-0.2, 0) is 13.5 Å². The number of ketones is 1. The molecule has 2 rings (SSSR count). The van der Waals surface area contributed by atoms with Crippen LogP contribution in [0.2, 0.25) is 0 Å². The Balaban J connectivity index is 2.11. The van der Waals surface area contributed by atoms with Crippen molar-refractivity contribution in [1.82, 2.24) is 19.7 Å². The Morgan fingerprint density at radius 1 is 1.31 bits per heavy atom. The van der Waals surface area contributed by atoms with E-state index in [1.807, 2.05) is 20.2 Å². The van der Waals surface area contributed by atoms with Crippen molar-refractivity contribution in [3.63, 3.8) is 0 Å². The molecule has 5 heteroatoms. The fourth-order valence-corrected chi connectivity index (χ4v) is 1.38. The third-order valence-corrected chi connectivity index (χ3v) is 2.19. The molecule has 0 aliphatic rings. The summed E-state index contributed by atoms with van der Waals surface area (Å²) in [5, 5.41) is 4.01. The van der Waals surface area contributed by atoms with Gasteiger partial charge >= 0.3 is 0 Å². The zero-order chi connectivity index (χ0) is 11.5. The zero-order valence-electron chi connectivity index (χ0n) is 9.21. The second-order valence-electron chi connectivity index (χ2n) is 3.67. The largest absolute Gasteiger partial charge is 0.292 e. The lowest BCUT2D eigenvalue weighted by Crippen LogP contribution is -2.06. The molecule has 2 heterocycles. The highest BCUT2D eigenvalue weighted by Gasteiger charge is 2.09. The lowest BCUT2D eigenvalue weighted by molar-refractivity contribution is 0.0988. The number of carbonyl (C=O) groups is 1. The Morgan fingerprint density at radius 3 is 2.69 bits per heavy atom. The highest BCUT2D eigenvalue weighted by Crippen LogP contribution is 2.03. The number of hydrogen-bond acceptors (Lipinski definition) is 4. The average molecular weight is 216 g/mol. The molecule has 2 aromatic heterocycles. The maximum absolute atomic E-state index is 11.8. The first kappa shape index (κ1) is 10.5. The molecule has 0 aliphatic heterocycles. The van der Waals surface area contributed by atoms with E-state index in [1.54, 1.807) is 17.1 Å². The third kappa shape index (κ3) is 2.31. The summed E-state index contributed by atoms with van der Waals surface area (Å²) in [5.41, 5.74) is 2.09. The van der Waals surface area contributed by atoms with E-state index in [9.17, 15) is 4.79 Å². The van der Waals surface area contributed by atoms with Crippen molar-refractivity contribution in [2.45, 2.75) is 13.3 Å². The van der Waals surface area contributed by atoms with E-state index in [0.717, 1.165) is 11.3 Å². The summed E-state index contributed by atoms with van der Waals surface area (Å²) in [6.45, 7) is 1.84. The van der Waals surface area contributed by atoms with Crippen LogP contribution in [0.1, 0.15) is 21.7 Å². The van der Waals surface area contributed by atoms with Gasteiger partial charge in [-0.25, -0.2) is 4.98 Å². The van der Waals surface area contributed by atoms with Crippen LogP contribution in [0.3, 0.4) is 0 Å². The number of nitrogens with zero attached hydrogens (tertiary/aromatic N) is 4. The average Bonchev–Trinajstić information content (AvgIpc) is 2.65. The molecule has 0 radical (unpaired) electrons. The van der Waals surface area contributed by atoms with Crippen molar-refractivity contribution in [2.75, 3.05) is 0 Å². The van der Waals surface area contributed by atoms with Gasteiger partial charge < -0.3 is 0 Å². The van der Waals surface area contributed by atoms with Crippen LogP contribution < -0.4 is 0 Å². The monoisotopic (exact) mass is 216 g/mol. The summed E-state index contributed by atoms with van der Waals surface area (Å²) in [7, 11) is 1.82.